The van der Waals surface area contributed by atoms with Crippen LogP contribution in [-0.2, 0) is 6.42 Å². The van der Waals surface area contributed by atoms with Crippen LogP contribution in [0.3, 0.4) is 0 Å². The van der Waals surface area contributed by atoms with Crippen LogP contribution in [0.4, 0.5) is 0 Å². The molecule has 2 aliphatic rings. The Morgan fingerprint density at radius 2 is 1.84 bits per heavy atom. The topological polar surface area (TPSA) is 47.7 Å². The molecule has 19 heavy (non-hydrogen) atoms. The predicted octanol–water partition coefficient (Wildman–Crippen LogP) is 1.72. The first kappa shape index (κ1) is 12.8. The smallest absolute Gasteiger partial charge is 0.161 e. The van der Waals surface area contributed by atoms with E-state index in [1.165, 1.54) is 11.1 Å². The van der Waals surface area contributed by atoms with Crippen LogP contribution in [0.25, 0.3) is 0 Å². The summed E-state index contributed by atoms with van der Waals surface area (Å²) in [5.74, 6) is 1.61. The van der Waals surface area contributed by atoms with Gasteiger partial charge in [-0.1, -0.05) is 0 Å². The highest BCUT2D eigenvalue weighted by Crippen LogP contribution is 2.50. The zero-order valence-corrected chi connectivity index (χ0v) is 11.9. The van der Waals surface area contributed by atoms with Crippen LogP contribution in [0, 0.1) is 0 Å². The third kappa shape index (κ3) is 1.99. The number of nitrogens with zero attached hydrogens (tertiary/aromatic N) is 1. The second-order valence-electron chi connectivity index (χ2n) is 5.77. The molecule has 0 bridgehead atoms. The lowest BCUT2D eigenvalue weighted by molar-refractivity contribution is 0.189. The minimum Gasteiger partial charge on any atom is -0.493 e. The van der Waals surface area contributed by atoms with Gasteiger partial charge in [0.15, 0.2) is 11.5 Å². The Morgan fingerprint density at radius 1 is 1.21 bits per heavy atom. The van der Waals surface area contributed by atoms with Gasteiger partial charge in [0.2, 0.25) is 0 Å². The molecular formula is C15H22N2O2. The van der Waals surface area contributed by atoms with Crippen molar-refractivity contribution in [2.45, 2.75) is 30.8 Å². The maximum atomic E-state index is 6.47. The van der Waals surface area contributed by atoms with Gasteiger partial charge in [0, 0.05) is 12.1 Å². The van der Waals surface area contributed by atoms with E-state index in [1.807, 2.05) is 0 Å². The van der Waals surface area contributed by atoms with Gasteiger partial charge in [0.25, 0.3) is 0 Å². The van der Waals surface area contributed by atoms with E-state index < -0.39 is 0 Å². The van der Waals surface area contributed by atoms with Gasteiger partial charge in [-0.25, -0.2) is 0 Å². The Labute approximate surface area is 114 Å². The van der Waals surface area contributed by atoms with Crippen molar-refractivity contribution in [1.29, 1.82) is 0 Å². The summed E-state index contributed by atoms with van der Waals surface area (Å²) in [6.07, 6.45) is 3.25. The summed E-state index contributed by atoms with van der Waals surface area (Å²) < 4.78 is 10.8. The molecule has 1 aromatic rings. The van der Waals surface area contributed by atoms with Crippen molar-refractivity contribution >= 4 is 0 Å². The summed E-state index contributed by atoms with van der Waals surface area (Å²) in [6.45, 7) is 1.05. The molecule has 0 spiro atoms. The standard InChI is InChI=1S/C15H22N2O2/c1-17-7-4-10-8-12(18-2)13(19-3)9-11(10)14(17)15(16)5-6-15/h8-9,14H,4-7,16H2,1-3H3. The summed E-state index contributed by atoms with van der Waals surface area (Å²) >= 11 is 0. The van der Waals surface area contributed by atoms with Crippen LogP contribution >= 0.6 is 0 Å². The lowest BCUT2D eigenvalue weighted by atomic mass is 9.87. The molecule has 1 fully saturated rings. The average Bonchev–Trinajstić information content (AvgIpc) is 3.15. The molecule has 1 atom stereocenters. The van der Waals surface area contributed by atoms with Crippen molar-refractivity contribution in [3.8, 4) is 11.5 Å². The average molecular weight is 262 g/mol. The molecule has 2 N–H and O–H groups in total. The van der Waals surface area contributed by atoms with E-state index in [2.05, 4.69) is 24.1 Å². The number of hydrogen-bond acceptors (Lipinski definition) is 4. The molecule has 1 aliphatic carbocycles. The first-order chi connectivity index (χ1) is 9.09. The Kier molecular flexibility index (Phi) is 2.95. The highest BCUT2D eigenvalue weighted by molar-refractivity contribution is 5.50. The van der Waals surface area contributed by atoms with Gasteiger partial charge in [0.1, 0.15) is 0 Å². The summed E-state index contributed by atoms with van der Waals surface area (Å²) in [7, 11) is 5.53. The molecule has 4 nitrogen and oxygen atoms in total. The normalized spacial score (nSPS) is 24.7. The van der Waals surface area contributed by atoms with Gasteiger partial charge in [-0.15, -0.1) is 0 Å². The zero-order chi connectivity index (χ0) is 13.6. The Morgan fingerprint density at radius 3 is 2.42 bits per heavy atom. The molecule has 1 aromatic carbocycles. The SMILES string of the molecule is COc1cc2c(cc1OC)C(C1(N)CC1)N(C)CC2. The van der Waals surface area contributed by atoms with E-state index in [-0.39, 0.29) is 5.54 Å². The lowest BCUT2D eigenvalue weighted by Crippen LogP contribution is -2.44. The van der Waals surface area contributed by atoms with E-state index in [9.17, 15) is 0 Å². The van der Waals surface area contributed by atoms with Crippen molar-refractivity contribution in [1.82, 2.24) is 4.90 Å². The molecule has 3 rings (SSSR count). The van der Waals surface area contributed by atoms with Crippen LogP contribution in [0.5, 0.6) is 11.5 Å². The third-order valence-electron chi connectivity index (χ3n) is 4.49. The van der Waals surface area contributed by atoms with Gasteiger partial charge < -0.3 is 15.2 Å². The van der Waals surface area contributed by atoms with Crippen LogP contribution in [0.1, 0.15) is 30.0 Å². The van der Waals surface area contributed by atoms with Crippen molar-refractivity contribution in [3.63, 3.8) is 0 Å². The number of nitrogens with two attached hydrogens (primary N) is 1. The van der Waals surface area contributed by atoms with Crippen LogP contribution < -0.4 is 15.2 Å². The number of fused-ring (bicyclic) bond motifs is 1. The summed E-state index contributed by atoms with van der Waals surface area (Å²) in [5, 5.41) is 0. The van der Waals surface area contributed by atoms with Gasteiger partial charge in [-0.2, -0.15) is 0 Å². The van der Waals surface area contributed by atoms with E-state index in [0.29, 0.717) is 6.04 Å². The minimum atomic E-state index is -0.0521. The molecule has 0 radical (unpaired) electrons. The zero-order valence-electron chi connectivity index (χ0n) is 11.9. The van der Waals surface area contributed by atoms with Gasteiger partial charge in [0.05, 0.1) is 20.3 Å². The first-order valence-corrected chi connectivity index (χ1v) is 6.83. The second kappa shape index (κ2) is 4.39. The quantitative estimate of drug-likeness (QED) is 0.901. The van der Waals surface area contributed by atoms with Crippen LogP contribution in [0.15, 0.2) is 12.1 Å². The van der Waals surface area contributed by atoms with Gasteiger partial charge in [-0.3, -0.25) is 4.90 Å². The molecule has 104 valence electrons. The summed E-state index contributed by atoms with van der Waals surface area (Å²) in [4.78, 5) is 2.38. The molecular weight excluding hydrogens is 240 g/mol. The Balaban J connectivity index is 2.09. The number of likely N-dealkylation sites (N-methyl/N-ethyl adjacent to an activating group) is 1. The van der Waals surface area contributed by atoms with Crippen molar-refractivity contribution in [3.05, 3.63) is 23.3 Å². The fraction of sp³-hybridized carbons (Fsp3) is 0.600. The number of rotatable bonds is 3. The van der Waals surface area contributed by atoms with Crippen molar-refractivity contribution < 1.29 is 9.47 Å². The van der Waals surface area contributed by atoms with Crippen LogP contribution in [0.2, 0.25) is 0 Å². The fourth-order valence-electron chi connectivity index (χ4n) is 3.24. The van der Waals surface area contributed by atoms with E-state index >= 15 is 0 Å². The predicted molar refractivity (Wildman–Crippen MR) is 74.8 cm³/mol. The molecule has 0 aromatic heterocycles. The molecule has 1 heterocycles. The summed E-state index contributed by atoms with van der Waals surface area (Å²) in [5.41, 5.74) is 9.08. The van der Waals surface area contributed by atoms with Gasteiger partial charge in [-0.05, 0) is 49.6 Å². The molecule has 1 unspecified atom stereocenters. The minimum absolute atomic E-state index is 0.0521. The molecule has 4 heteroatoms. The molecule has 0 amide bonds. The highest BCUT2D eigenvalue weighted by atomic mass is 16.5. The first-order valence-electron chi connectivity index (χ1n) is 6.83. The van der Waals surface area contributed by atoms with E-state index in [0.717, 1.165) is 37.3 Å². The van der Waals surface area contributed by atoms with Crippen molar-refractivity contribution in [2.75, 3.05) is 27.8 Å². The Hall–Kier alpha value is -1.26. The Bertz CT molecular complexity index is 497. The monoisotopic (exact) mass is 262 g/mol. The summed E-state index contributed by atoms with van der Waals surface area (Å²) in [6, 6.07) is 4.53. The maximum Gasteiger partial charge on any atom is 0.161 e. The number of ether oxygens (including phenoxy) is 2. The van der Waals surface area contributed by atoms with Crippen molar-refractivity contribution in [2.24, 2.45) is 5.73 Å². The second-order valence-corrected chi connectivity index (χ2v) is 5.77. The molecule has 0 saturated heterocycles. The fourth-order valence-corrected chi connectivity index (χ4v) is 3.24. The number of methoxy groups -OCH3 is 2. The molecule has 1 saturated carbocycles. The number of benzene rings is 1. The van der Waals surface area contributed by atoms with E-state index in [1.54, 1.807) is 14.2 Å². The maximum absolute atomic E-state index is 6.47. The van der Waals surface area contributed by atoms with Crippen LogP contribution in [-0.4, -0.2) is 38.3 Å². The highest BCUT2D eigenvalue weighted by Gasteiger charge is 2.50. The van der Waals surface area contributed by atoms with E-state index in [4.69, 9.17) is 15.2 Å². The molecule has 1 aliphatic heterocycles. The lowest BCUT2D eigenvalue weighted by Gasteiger charge is -2.39. The third-order valence-corrected chi connectivity index (χ3v) is 4.49. The number of hydrogen-bond donors (Lipinski definition) is 1. The largest absolute Gasteiger partial charge is 0.493 e. The van der Waals surface area contributed by atoms with Gasteiger partial charge >= 0.3 is 0 Å².